The molecule has 0 radical (unpaired) electrons. The van der Waals surface area contributed by atoms with Crippen molar-refractivity contribution in [2.24, 2.45) is 0 Å². The van der Waals surface area contributed by atoms with E-state index in [1.165, 1.54) is 6.07 Å². The van der Waals surface area contributed by atoms with Crippen molar-refractivity contribution in [3.05, 3.63) is 40.0 Å². The van der Waals surface area contributed by atoms with Crippen LogP contribution >= 0.6 is 15.9 Å². The Balaban J connectivity index is 2.83. The highest BCUT2D eigenvalue weighted by atomic mass is 79.9. The highest BCUT2D eigenvalue weighted by Gasteiger charge is 2.10. The van der Waals surface area contributed by atoms with Crippen LogP contribution in [0.25, 0.3) is 10.9 Å². The summed E-state index contributed by atoms with van der Waals surface area (Å²) in [6, 6.07) is 6.44. The van der Waals surface area contributed by atoms with Gasteiger partial charge in [0.2, 0.25) is 0 Å². The van der Waals surface area contributed by atoms with Gasteiger partial charge in [-0.2, -0.15) is 0 Å². The minimum Gasteiger partial charge on any atom is -0.477 e. The molecule has 0 aliphatic carbocycles. The summed E-state index contributed by atoms with van der Waals surface area (Å²) in [4.78, 5) is 25.6. The van der Waals surface area contributed by atoms with Crippen LogP contribution < -0.4 is 0 Å². The Morgan fingerprint density at radius 3 is 2.75 bits per heavy atom. The van der Waals surface area contributed by atoms with Crippen LogP contribution in [0.3, 0.4) is 0 Å². The molecule has 0 atom stereocenters. The molecule has 2 rings (SSSR count). The third kappa shape index (κ3) is 1.81. The third-order valence-electron chi connectivity index (χ3n) is 2.15. The average Bonchev–Trinajstić information content (AvgIpc) is 2.26. The smallest absolute Gasteiger partial charge is 0.354 e. The van der Waals surface area contributed by atoms with E-state index in [1.807, 2.05) is 0 Å². The van der Waals surface area contributed by atoms with Crippen molar-refractivity contribution in [1.29, 1.82) is 0 Å². The Morgan fingerprint density at radius 1 is 1.38 bits per heavy atom. The molecule has 0 fully saturated rings. The molecular weight excluding hydrogens is 274 g/mol. The Labute approximate surface area is 99.0 Å². The van der Waals surface area contributed by atoms with E-state index in [-0.39, 0.29) is 5.69 Å². The topological polar surface area (TPSA) is 67.3 Å². The van der Waals surface area contributed by atoms with Crippen LogP contribution in [0.4, 0.5) is 0 Å². The molecule has 80 valence electrons. The number of hydrogen-bond acceptors (Lipinski definition) is 3. The fourth-order valence-electron chi connectivity index (χ4n) is 1.44. The Kier molecular flexibility index (Phi) is 2.70. The molecule has 4 nitrogen and oxygen atoms in total. The van der Waals surface area contributed by atoms with Crippen molar-refractivity contribution in [3.8, 4) is 0 Å². The van der Waals surface area contributed by atoms with Crippen LogP contribution in [-0.4, -0.2) is 22.3 Å². The molecule has 5 heteroatoms. The summed E-state index contributed by atoms with van der Waals surface area (Å²) in [6.45, 7) is 0. The molecule has 2 aromatic rings. The van der Waals surface area contributed by atoms with Gasteiger partial charge in [-0.1, -0.05) is 22.0 Å². The molecule has 0 amide bonds. The summed E-state index contributed by atoms with van der Waals surface area (Å²) in [5.41, 5.74) is 0.680. The Morgan fingerprint density at radius 2 is 2.12 bits per heavy atom. The van der Waals surface area contributed by atoms with Gasteiger partial charge in [-0.25, -0.2) is 9.78 Å². The van der Waals surface area contributed by atoms with Gasteiger partial charge in [0.15, 0.2) is 6.29 Å². The molecule has 0 aliphatic heterocycles. The monoisotopic (exact) mass is 279 g/mol. The van der Waals surface area contributed by atoms with Gasteiger partial charge in [0.25, 0.3) is 0 Å². The number of rotatable bonds is 2. The Hall–Kier alpha value is -1.75. The summed E-state index contributed by atoms with van der Waals surface area (Å²) >= 11 is 3.26. The average molecular weight is 280 g/mol. The SMILES string of the molecule is O=Cc1cc(C(=O)O)nc2cc(Br)ccc12. The zero-order valence-corrected chi connectivity index (χ0v) is 9.56. The van der Waals surface area contributed by atoms with Crippen LogP contribution in [0.5, 0.6) is 0 Å². The first kappa shape index (κ1) is 10.8. The number of aldehydes is 1. The van der Waals surface area contributed by atoms with Gasteiger partial charge in [0, 0.05) is 15.4 Å². The van der Waals surface area contributed by atoms with Gasteiger partial charge in [0.05, 0.1) is 5.52 Å². The molecule has 0 saturated carbocycles. The Bertz CT molecular complexity index is 595. The molecule has 0 bridgehead atoms. The zero-order chi connectivity index (χ0) is 11.7. The number of benzene rings is 1. The van der Waals surface area contributed by atoms with Crippen molar-refractivity contribution < 1.29 is 14.7 Å². The second-order valence-corrected chi connectivity index (χ2v) is 4.10. The number of carbonyl (C=O) groups excluding carboxylic acids is 1. The molecule has 1 heterocycles. The maximum Gasteiger partial charge on any atom is 0.354 e. The molecular formula is C11H6BrNO3. The highest BCUT2D eigenvalue weighted by molar-refractivity contribution is 9.10. The minimum absolute atomic E-state index is 0.132. The van der Waals surface area contributed by atoms with E-state index in [2.05, 4.69) is 20.9 Å². The molecule has 0 spiro atoms. The molecule has 0 aliphatic rings. The van der Waals surface area contributed by atoms with E-state index in [4.69, 9.17) is 5.11 Å². The van der Waals surface area contributed by atoms with Crippen molar-refractivity contribution in [2.75, 3.05) is 0 Å². The van der Waals surface area contributed by atoms with Gasteiger partial charge in [-0.05, 0) is 18.2 Å². The van der Waals surface area contributed by atoms with Gasteiger partial charge in [0.1, 0.15) is 5.69 Å². The largest absolute Gasteiger partial charge is 0.477 e. The lowest BCUT2D eigenvalue weighted by molar-refractivity contribution is 0.0691. The minimum atomic E-state index is -1.15. The van der Waals surface area contributed by atoms with E-state index in [1.54, 1.807) is 18.2 Å². The number of carboxylic acid groups (broad SMARTS) is 1. The molecule has 16 heavy (non-hydrogen) atoms. The summed E-state index contributed by atoms with van der Waals surface area (Å²) in [5.74, 6) is -1.15. The summed E-state index contributed by atoms with van der Waals surface area (Å²) in [7, 11) is 0. The van der Waals surface area contributed by atoms with Crippen molar-refractivity contribution in [3.63, 3.8) is 0 Å². The number of aromatic carboxylic acids is 1. The van der Waals surface area contributed by atoms with Crippen molar-refractivity contribution >= 4 is 39.1 Å². The number of aromatic nitrogens is 1. The second-order valence-electron chi connectivity index (χ2n) is 3.18. The van der Waals surface area contributed by atoms with Gasteiger partial charge < -0.3 is 5.11 Å². The zero-order valence-electron chi connectivity index (χ0n) is 7.98. The first-order chi connectivity index (χ1) is 7.61. The lowest BCUT2D eigenvalue weighted by Crippen LogP contribution is -2.02. The number of carboxylic acids is 1. The van der Waals surface area contributed by atoms with Crippen LogP contribution in [0.1, 0.15) is 20.8 Å². The highest BCUT2D eigenvalue weighted by Crippen LogP contribution is 2.21. The molecule has 1 N–H and O–H groups in total. The molecule has 0 unspecified atom stereocenters. The maximum atomic E-state index is 10.8. The molecule has 0 saturated heterocycles. The van der Waals surface area contributed by atoms with Crippen LogP contribution in [0.2, 0.25) is 0 Å². The fraction of sp³-hybridized carbons (Fsp3) is 0. The summed E-state index contributed by atoms with van der Waals surface area (Å²) < 4.78 is 0.784. The predicted molar refractivity (Wildman–Crippen MR) is 61.8 cm³/mol. The number of hydrogen-bond donors (Lipinski definition) is 1. The van der Waals surface area contributed by atoms with Gasteiger partial charge in [-0.15, -0.1) is 0 Å². The van der Waals surface area contributed by atoms with E-state index in [9.17, 15) is 9.59 Å². The predicted octanol–water partition coefficient (Wildman–Crippen LogP) is 2.51. The quantitative estimate of drug-likeness (QED) is 0.858. The van der Waals surface area contributed by atoms with Crippen LogP contribution in [0, 0.1) is 0 Å². The van der Waals surface area contributed by atoms with E-state index < -0.39 is 5.97 Å². The van der Waals surface area contributed by atoms with Crippen LogP contribution in [0.15, 0.2) is 28.7 Å². The second kappa shape index (κ2) is 4.02. The first-order valence-corrected chi connectivity index (χ1v) is 5.20. The van der Waals surface area contributed by atoms with E-state index in [0.717, 1.165) is 4.47 Å². The first-order valence-electron chi connectivity index (χ1n) is 4.40. The summed E-state index contributed by atoms with van der Waals surface area (Å²) in [6.07, 6.45) is 0.629. The lowest BCUT2D eigenvalue weighted by atomic mass is 10.1. The van der Waals surface area contributed by atoms with Crippen LogP contribution in [-0.2, 0) is 0 Å². The van der Waals surface area contributed by atoms with Gasteiger partial charge in [-0.3, -0.25) is 4.79 Å². The fourth-order valence-corrected chi connectivity index (χ4v) is 1.78. The van der Waals surface area contributed by atoms with Crippen molar-refractivity contribution in [1.82, 2.24) is 4.98 Å². The number of fused-ring (bicyclic) bond motifs is 1. The van der Waals surface area contributed by atoms with Gasteiger partial charge >= 0.3 is 5.97 Å². The molecule has 1 aromatic heterocycles. The summed E-state index contributed by atoms with van der Waals surface area (Å²) in [5, 5.41) is 9.49. The van der Waals surface area contributed by atoms with E-state index in [0.29, 0.717) is 22.8 Å². The number of halogens is 1. The number of carbonyl (C=O) groups is 2. The normalized spacial score (nSPS) is 10.3. The maximum absolute atomic E-state index is 10.8. The number of nitrogens with zero attached hydrogens (tertiary/aromatic N) is 1. The van der Waals surface area contributed by atoms with E-state index >= 15 is 0 Å². The third-order valence-corrected chi connectivity index (χ3v) is 2.64. The lowest BCUT2D eigenvalue weighted by Gasteiger charge is -2.03. The standard InChI is InChI=1S/C11H6BrNO3/c12-7-1-2-8-6(5-14)3-10(11(15)16)13-9(8)4-7/h1-5H,(H,15,16). The number of pyridine rings is 1. The van der Waals surface area contributed by atoms with Crippen molar-refractivity contribution in [2.45, 2.75) is 0 Å². The molecule has 1 aromatic carbocycles.